The van der Waals surface area contributed by atoms with Gasteiger partial charge in [-0.2, -0.15) is 0 Å². The lowest BCUT2D eigenvalue weighted by Gasteiger charge is -2.24. The van der Waals surface area contributed by atoms with Gasteiger partial charge in [0.05, 0.1) is 0 Å². The third kappa shape index (κ3) is 4.31. The van der Waals surface area contributed by atoms with Gasteiger partial charge in [0, 0.05) is 24.1 Å². The fraction of sp³-hybridized carbons (Fsp3) is 0.529. The van der Waals surface area contributed by atoms with Gasteiger partial charge in [-0.05, 0) is 43.9 Å². The Morgan fingerprint density at radius 1 is 1.24 bits per heavy atom. The first-order valence-electron chi connectivity index (χ1n) is 7.77. The summed E-state index contributed by atoms with van der Waals surface area (Å²) < 4.78 is 0. The Bertz CT molecular complexity index is 492. The lowest BCUT2D eigenvalue weighted by atomic mass is 9.85. The maximum atomic E-state index is 11.9. The first-order chi connectivity index (χ1) is 10.1. The van der Waals surface area contributed by atoms with E-state index in [4.69, 9.17) is 0 Å². The van der Waals surface area contributed by atoms with Crippen molar-refractivity contribution in [3.05, 3.63) is 35.4 Å². The van der Waals surface area contributed by atoms with Gasteiger partial charge in [0.1, 0.15) is 0 Å². The van der Waals surface area contributed by atoms with E-state index >= 15 is 0 Å². The molecular formula is C17H24N2O2. The van der Waals surface area contributed by atoms with Gasteiger partial charge in [0.25, 0.3) is 5.91 Å². The van der Waals surface area contributed by atoms with Crippen LogP contribution < -0.4 is 10.6 Å². The smallest absolute Gasteiger partial charge is 0.251 e. The number of amides is 2. The molecule has 0 bridgehead atoms. The molecule has 1 aliphatic rings. The molecule has 2 N–H and O–H groups in total. The summed E-state index contributed by atoms with van der Waals surface area (Å²) in [5.74, 6) is 0.319. The Labute approximate surface area is 126 Å². The van der Waals surface area contributed by atoms with Crippen LogP contribution in [-0.2, 0) is 11.3 Å². The summed E-state index contributed by atoms with van der Waals surface area (Å²) in [6, 6.07) is 7.59. The van der Waals surface area contributed by atoms with Gasteiger partial charge in [-0.3, -0.25) is 9.59 Å². The molecular weight excluding hydrogens is 264 g/mol. The van der Waals surface area contributed by atoms with E-state index in [2.05, 4.69) is 10.6 Å². The second-order valence-electron chi connectivity index (χ2n) is 5.83. The van der Waals surface area contributed by atoms with Gasteiger partial charge in [0.15, 0.2) is 0 Å². The van der Waals surface area contributed by atoms with Crippen molar-refractivity contribution in [3.63, 3.8) is 0 Å². The zero-order chi connectivity index (χ0) is 15.2. The number of benzene rings is 1. The summed E-state index contributed by atoms with van der Waals surface area (Å²) in [5, 5.41) is 5.89. The van der Waals surface area contributed by atoms with Gasteiger partial charge in [0.2, 0.25) is 5.91 Å². The first-order valence-corrected chi connectivity index (χ1v) is 7.77. The molecule has 1 saturated carbocycles. The Morgan fingerprint density at radius 2 is 1.90 bits per heavy atom. The molecule has 0 heterocycles. The van der Waals surface area contributed by atoms with Gasteiger partial charge in [-0.25, -0.2) is 0 Å². The van der Waals surface area contributed by atoms with Crippen molar-refractivity contribution in [2.24, 2.45) is 5.92 Å². The Balaban J connectivity index is 1.83. The van der Waals surface area contributed by atoms with Crippen LogP contribution in [0.5, 0.6) is 0 Å². The minimum Gasteiger partial charge on any atom is -0.352 e. The number of carbonyl (C=O) groups is 2. The molecule has 114 valence electrons. The molecule has 2 amide bonds. The van der Waals surface area contributed by atoms with Gasteiger partial charge in [-0.15, -0.1) is 0 Å². The monoisotopic (exact) mass is 288 g/mol. The van der Waals surface area contributed by atoms with E-state index in [9.17, 15) is 9.59 Å². The SMILES string of the molecule is CC[C@H](C)NC(=O)c1ccc(CNC(=O)C2CCC2)cc1. The van der Waals surface area contributed by atoms with Crippen molar-refractivity contribution in [3.8, 4) is 0 Å². The van der Waals surface area contributed by atoms with E-state index in [1.807, 2.05) is 38.1 Å². The van der Waals surface area contributed by atoms with Crippen molar-refractivity contribution in [1.82, 2.24) is 10.6 Å². The predicted octanol–water partition coefficient (Wildman–Crippen LogP) is 2.63. The molecule has 0 aromatic heterocycles. The van der Waals surface area contributed by atoms with Crippen LogP contribution in [0.2, 0.25) is 0 Å². The van der Waals surface area contributed by atoms with E-state index in [0.717, 1.165) is 31.2 Å². The summed E-state index contributed by atoms with van der Waals surface area (Å²) in [4.78, 5) is 23.7. The molecule has 21 heavy (non-hydrogen) atoms. The van der Waals surface area contributed by atoms with E-state index in [1.165, 1.54) is 0 Å². The molecule has 4 nitrogen and oxygen atoms in total. The van der Waals surface area contributed by atoms with Crippen LogP contribution in [0.4, 0.5) is 0 Å². The largest absolute Gasteiger partial charge is 0.352 e. The zero-order valence-electron chi connectivity index (χ0n) is 12.8. The summed E-state index contributed by atoms with van der Waals surface area (Å²) in [6.07, 6.45) is 4.11. The number of carbonyl (C=O) groups excluding carboxylic acids is 2. The molecule has 0 radical (unpaired) electrons. The summed E-state index contributed by atoms with van der Waals surface area (Å²) in [6.45, 7) is 4.56. The topological polar surface area (TPSA) is 58.2 Å². The first kappa shape index (κ1) is 15.5. The minimum absolute atomic E-state index is 0.0468. The molecule has 1 atom stereocenters. The molecule has 1 aromatic rings. The van der Waals surface area contributed by atoms with Crippen molar-refractivity contribution >= 4 is 11.8 Å². The molecule has 1 fully saturated rings. The van der Waals surface area contributed by atoms with Crippen molar-refractivity contribution in [1.29, 1.82) is 0 Å². The second-order valence-corrected chi connectivity index (χ2v) is 5.83. The average Bonchev–Trinajstić information content (AvgIpc) is 2.43. The molecule has 1 aliphatic carbocycles. The van der Waals surface area contributed by atoms with Crippen LogP contribution in [0.15, 0.2) is 24.3 Å². The average molecular weight is 288 g/mol. The summed E-state index contributed by atoms with van der Waals surface area (Å²) >= 11 is 0. The number of hydrogen-bond acceptors (Lipinski definition) is 2. The fourth-order valence-corrected chi connectivity index (χ4v) is 2.19. The van der Waals surface area contributed by atoms with Crippen molar-refractivity contribution < 1.29 is 9.59 Å². The molecule has 0 saturated heterocycles. The molecule has 0 unspecified atom stereocenters. The normalized spacial score (nSPS) is 15.9. The molecule has 0 aliphatic heterocycles. The van der Waals surface area contributed by atoms with Crippen LogP contribution in [0.1, 0.15) is 55.5 Å². The minimum atomic E-state index is -0.0468. The van der Waals surface area contributed by atoms with Crippen LogP contribution >= 0.6 is 0 Å². The van der Waals surface area contributed by atoms with Crippen molar-refractivity contribution in [2.75, 3.05) is 0 Å². The van der Waals surface area contributed by atoms with Gasteiger partial charge in [-0.1, -0.05) is 25.5 Å². The van der Waals surface area contributed by atoms with Crippen LogP contribution in [-0.4, -0.2) is 17.9 Å². The number of rotatable bonds is 6. The van der Waals surface area contributed by atoms with Crippen LogP contribution in [0, 0.1) is 5.92 Å². The second kappa shape index (κ2) is 7.25. The van der Waals surface area contributed by atoms with Crippen molar-refractivity contribution in [2.45, 2.75) is 52.1 Å². The number of nitrogens with one attached hydrogen (secondary N) is 2. The maximum Gasteiger partial charge on any atom is 0.251 e. The highest BCUT2D eigenvalue weighted by molar-refractivity contribution is 5.94. The van der Waals surface area contributed by atoms with E-state index < -0.39 is 0 Å². The maximum absolute atomic E-state index is 11.9. The Hall–Kier alpha value is -1.84. The van der Waals surface area contributed by atoms with E-state index in [-0.39, 0.29) is 23.8 Å². The third-order valence-corrected chi connectivity index (χ3v) is 4.15. The Kier molecular flexibility index (Phi) is 5.37. The number of hydrogen-bond donors (Lipinski definition) is 2. The molecule has 2 rings (SSSR count). The van der Waals surface area contributed by atoms with E-state index in [1.54, 1.807) is 0 Å². The molecule has 4 heteroatoms. The highest BCUT2D eigenvalue weighted by atomic mass is 16.2. The van der Waals surface area contributed by atoms with Gasteiger partial charge >= 0.3 is 0 Å². The summed E-state index contributed by atoms with van der Waals surface area (Å²) in [7, 11) is 0. The molecule has 1 aromatic carbocycles. The van der Waals surface area contributed by atoms with Gasteiger partial charge < -0.3 is 10.6 Å². The predicted molar refractivity (Wildman–Crippen MR) is 82.8 cm³/mol. The Morgan fingerprint density at radius 3 is 2.43 bits per heavy atom. The third-order valence-electron chi connectivity index (χ3n) is 4.15. The van der Waals surface area contributed by atoms with Crippen LogP contribution in [0.3, 0.4) is 0 Å². The fourth-order valence-electron chi connectivity index (χ4n) is 2.19. The highest BCUT2D eigenvalue weighted by Gasteiger charge is 2.24. The summed E-state index contributed by atoms with van der Waals surface area (Å²) in [5.41, 5.74) is 1.67. The van der Waals surface area contributed by atoms with Crippen LogP contribution in [0.25, 0.3) is 0 Å². The highest BCUT2D eigenvalue weighted by Crippen LogP contribution is 2.26. The lowest BCUT2D eigenvalue weighted by Crippen LogP contribution is -2.34. The lowest BCUT2D eigenvalue weighted by molar-refractivity contribution is -0.127. The zero-order valence-corrected chi connectivity index (χ0v) is 12.8. The molecule has 0 spiro atoms. The standard InChI is InChI=1S/C17H24N2O2/c1-3-12(2)19-17(21)15-9-7-13(8-10-15)11-18-16(20)14-5-4-6-14/h7-10,12,14H,3-6,11H2,1-2H3,(H,18,20)(H,19,21)/t12-/m0/s1. The van der Waals surface area contributed by atoms with E-state index in [0.29, 0.717) is 12.1 Å². The quantitative estimate of drug-likeness (QED) is 0.845.